The first kappa shape index (κ1) is 23.4. The van der Waals surface area contributed by atoms with Gasteiger partial charge < -0.3 is 14.2 Å². The summed E-state index contributed by atoms with van der Waals surface area (Å²) in [6.07, 6.45) is 1.37. The minimum atomic E-state index is -0.601. The minimum absolute atomic E-state index is 0.0179. The first-order chi connectivity index (χ1) is 16.0. The Morgan fingerprint density at radius 2 is 1.91 bits per heavy atom. The molecule has 0 radical (unpaired) electrons. The zero-order valence-electron chi connectivity index (χ0n) is 17.4. The largest absolute Gasteiger partial charge is 0.490 e. The van der Waals surface area contributed by atoms with Crippen molar-refractivity contribution >= 4 is 35.1 Å². The number of nitrogens with zero attached hydrogens (tertiary/aromatic N) is 2. The van der Waals surface area contributed by atoms with E-state index in [0.717, 1.165) is 0 Å². The summed E-state index contributed by atoms with van der Waals surface area (Å²) in [7, 11) is 0. The Labute approximate surface area is 192 Å². The number of nitro groups is 1. The van der Waals surface area contributed by atoms with Gasteiger partial charge in [0.2, 0.25) is 0 Å². The standard InChI is InChI=1S/C22H19N3O7S/c1-2-30-19-12-15(9-10-18(19)32-22(27)20-8-5-11-33-20)13-23-24-21(26)14-31-17-7-4-3-6-16(17)25(28)29/h3-13H,2,14H2,1H3,(H,24,26). The lowest BCUT2D eigenvalue weighted by Crippen LogP contribution is -2.24. The molecule has 0 fully saturated rings. The Morgan fingerprint density at radius 1 is 1.09 bits per heavy atom. The lowest BCUT2D eigenvalue weighted by atomic mass is 10.2. The van der Waals surface area contributed by atoms with E-state index >= 15 is 0 Å². The lowest BCUT2D eigenvalue weighted by molar-refractivity contribution is -0.385. The summed E-state index contributed by atoms with van der Waals surface area (Å²) < 4.78 is 16.2. The van der Waals surface area contributed by atoms with E-state index in [4.69, 9.17) is 14.2 Å². The van der Waals surface area contributed by atoms with Crippen LogP contribution in [-0.2, 0) is 4.79 Å². The summed E-state index contributed by atoms with van der Waals surface area (Å²) in [5.74, 6) is -0.503. The van der Waals surface area contributed by atoms with Crippen LogP contribution in [0.4, 0.5) is 5.69 Å². The molecule has 11 heteroatoms. The van der Waals surface area contributed by atoms with E-state index in [1.165, 1.54) is 35.8 Å². The highest BCUT2D eigenvalue weighted by Gasteiger charge is 2.15. The van der Waals surface area contributed by atoms with Crippen molar-refractivity contribution in [1.82, 2.24) is 5.43 Å². The molecule has 3 aromatic rings. The predicted molar refractivity (Wildman–Crippen MR) is 121 cm³/mol. The first-order valence-electron chi connectivity index (χ1n) is 9.68. The number of hydrogen-bond donors (Lipinski definition) is 1. The van der Waals surface area contributed by atoms with Gasteiger partial charge in [-0.05, 0) is 48.2 Å². The van der Waals surface area contributed by atoms with Gasteiger partial charge in [0.05, 0.1) is 17.7 Å². The van der Waals surface area contributed by atoms with Crippen LogP contribution in [0.25, 0.3) is 0 Å². The second-order valence-electron chi connectivity index (χ2n) is 6.31. The molecule has 0 unspecified atom stereocenters. The highest BCUT2D eigenvalue weighted by atomic mass is 32.1. The van der Waals surface area contributed by atoms with E-state index in [-0.39, 0.29) is 17.2 Å². The van der Waals surface area contributed by atoms with Crippen molar-refractivity contribution in [2.75, 3.05) is 13.2 Å². The van der Waals surface area contributed by atoms with Crippen LogP contribution in [0.15, 0.2) is 65.1 Å². The van der Waals surface area contributed by atoms with Crippen LogP contribution in [0, 0.1) is 10.1 Å². The van der Waals surface area contributed by atoms with E-state index in [2.05, 4.69) is 10.5 Å². The number of nitro benzene ring substituents is 1. The molecule has 0 aliphatic carbocycles. The Balaban J connectivity index is 1.59. The zero-order valence-corrected chi connectivity index (χ0v) is 18.2. The van der Waals surface area contributed by atoms with Gasteiger partial charge in [-0.2, -0.15) is 5.10 Å². The van der Waals surface area contributed by atoms with Gasteiger partial charge in [0, 0.05) is 6.07 Å². The number of nitrogens with one attached hydrogen (secondary N) is 1. The Kier molecular flexibility index (Phi) is 8.08. The van der Waals surface area contributed by atoms with Crippen LogP contribution in [-0.4, -0.2) is 36.2 Å². The van der Waals surface area contributed by atoms with E-state index in [1.54, 1.807) is 48.7 Å². The van der Waals surface area contributed by atoms with Crippen molar-refractivity contribution in [2.24, 2.45) is 5.10 Å². The molecular formula is C22H19N3O7S. The van der Waals surface area contributed by atoms with Crippen molar-refractivity contribution < 1.29 is 28.7 Å². The number of esters is 1. The summed E-state index contributed by atoms with van der Waals surface area (Å²) >= 11 is 1.27. The average molecular weight is 469 g/mol. The number of thiophene rings is 1. The number of carbonyl (C=O) groups excluding carboxylic acids is 2. The normalized spacial score (nSPS) is 10.6. The monoisotopic (exact) mass is 469 g/mol. The minimum Gasteiger partial charge on any atom is -0.490 e. The fourth-order valence-corrected chi connectivity index (χ4v) is 3.19. The third kappa shape index (κ3) is 6.61. The number of carbonyl (C=O) groups is 2. The molecule has 0 bridgehead atoms. The van der Waals surface area contributed by atoms with Gasteiger partial charge in [-0.15, -0.1) is 11.3 Å². The Bertz CT molecular complexity index is 1160. The van der Waals surface area contributed by atoms with E-state index in [1.807, 2.05) is 0 Å². The molecule has 10 nitrogen and oxygen atoms in total. The van der Waals surface area contributed by atoms with Crippen molar-refractivity contribution in [3.05, 3.63) is 80.5 Å². The molecule has 170 valence electrons. The van der Waals surface area contributed by atoms with Crippen LogP contribution >= 0.6 is 11.3 Å². The maximum absolute atomic E-state index is 12.2. The third-order valence-corrected chi connectivity index (χ3v) is 4.87. The molecule has 0 aliphatic heterocycles. The molecule has 1 N–H and O–H groups in total. The van der Waals surface area contributed by atoms with Crippen molar-refractivity contribution in [1.29, 1.82) is 0 Å². The Hall–Kier alpha value is -4.25. The molecule has 0 spiro atoms. The number of para-hydroxylation sites is 2. The van der Waals surface area contributed by atoms with Gasteiger partial charge in [0.1, 0.15) is 4.88 Å². The summed E-state index contributed by atoms with van der Waals surface area (Å²) in [5.41, 5.74) is 2.62. The molecule has 0 aliphatic rings. The predicted octanol–water partition coefficient (Wildman–Crippen LogP) is 3.80. The van der Waals surface area contributed by atoms with Crippen LogP contribution in [0.2, 0.25) is 0 Å². The molecule has 33 heavy (non-hydrogen) atoms. The topological polar surface area (TPSA) is 129 Å². The number of rotatable bonds is 10. The number of benzene rings is 2. The molecule has 3 rings (SSSR count). The number of hydrazone groups is 1. The number of amides is 1. The van der Waals surface area contributed by atoms with Gasteiger partial charge in [-0.1, -0.05) is 18.2 Å². The quantitative estimate of drug-likeness (QED) is 0.157. The highest BCUT2D eigenvalue weighted by Crippen LogP contribution is 2.29. The van der Waals surface area contributed by atoms with Gasteiger partial charge in [0.25, 0.3) is 5.91 Å². The molecule has 0 atom stereocenters. The van der Waals surface area contributed by atoms with Crippen LogP contribution in [0.3, 0.4) is 0 Å². The van der Waals surface area contributed by atoms with E-state index < -0.39 is 23.4 Å². The second-order valence-corrected chi connectivity index (χ2v) is 7.26. The van der Waals surface area contributed by atoms with Crippen LogP contribution < -0.4 is 19.6 Å². The zero-order chi connectivity index (χ0) is 23.6. The second kappa shape index (κ2) is 11.4. The van der Waals surface area contributed by atoms with Gasteiger partial charge >= 0.3 is 11.7 Å². The fourth-order valence-electron chi connectivity index (χ4n) is 2.59. The molecule has 2 aromatic carbocycles. The number of ether oxygens (including phenoxy) is 3. The molecule has 1 amide bonds. The van der Waals surface area contributed by atoms with Crippen LogP contribution in [0.1, 0.15) is 22.2 Å². The third-order valence-electron chi connectivity index (χ3n) is 4.02. The van der Waals surface area contributed by atoms with Crippen molar-refractivity contribution in [3.8, 4) is 17.2 Å². The molecule has 1 aromatic heterocycles. The molecule has 0 saturated heterocycles. The maximum Gasteiger partial charge on any atom is 0.353 e. The van der Waals surface area contributed by atoms with E-state index in [0.29, 0.717) is 22.8 Å². The summed E-state index contributed by atoms with van der Waals surface area (Å²) in [5, 5.41) is 16.6. The van der Waals surface area contributed by atoms with Gasteiger partial charge in [-0.3, -0.25) is 14.9 Å². The van der Waals surface area contributed by atoms with Crippen molar-refractivity contribution in [2.45, 2.75) is 6.92 Å². The highest BCUT2D eigenvalue weighted by molar-refractivity contribution is 7.12. The van der Waals surface area contributed by atoms with Crippen LogP contribution in [0.5, 0.6) is 17.2 Å². The molecule has 0 saturated carbocycles. The number of hydrogen-bond acceptors (Lipinski definition) is 9. The lowest BCUT2D eigenvalue weighted by Gasteiger charge is -2.10. The average Bonchev–Trinajstić information content (AvgIpc) is 3.35. The smallest absolute Gasteiger partial charge is 0.353 e. The summed E-state index contributed by atoms with van der Waals surface area (Å²) in [4.78, 5) is 35.0. The first-order valence-corrected chi connectivity index (χ1v) is 10.6. The molecule has 1 heterocycles. The summed E-state index contributed by atoms with van der Waals surface area (Å²) in [6, 6.07) is 14.0. The van der Waals surface area contributed by atoms with E-state index in [9.17, 15) is 19.7 Å². The Morgan fingerprint density at radius 3 is 2.64 bits per heavy atom. The maximum atomic E-state index is 12.2. The van der Waals surface area contributed by atoms with Crippen molar-refractivity contribution in [3.63, 3.8) is 0 Å². The van der Waals surface area contributed by atoms with Gasteiger partial charge in [-0.25, -0.2) is 10.2 Å². The SMILES string of the molecule is CCOc1cc(C=NNC(=O)COc2ccccc2[N+](=O)[O-])ccc1OC(=O)c1cccs1. The fraction of sp³-hybridized carbons (Fsp3) is 0.136. The summed E-state index contributed by atoms with van der Waals surface area (Å²) in [6.45, 7) is 1.69. The van der Waals surface area contributed by atoms with Gasteiger partial charge in [0.15, 0.2) is 23.9 Å². The molecular weight excluding hydrogens is 450 g/mol.